The van der Waals surface area contributed by atoms with Crippen molar-refractivity contribution in [2.75, 3.05) is 6.54 Å². The molecule has 1 atom stereocenters. The Morgan fingerprint density at radius 1 is 1.50 bits per heavy atom. The summed E-state index contributed by atoms with van der Waals surface area (Å²) >= 11 is 0. The molecule has 72 valence electrons. The van der Waals surface area contributed by atoms with Crippen molar-refractivity contribution in [1.29, 1.82) is 0 Å². The number of benzene rings is 1. The standard InChI is InChI=1S/C11H12N2O/c1-2-7-12-10-8-5-3-4-6-9(8)11(14)13-10/h2-6,10,12H,1,7H2,(H,13,14). The van der Waals surface area contributed by atoms with E-state index in [0.717, 1.165) is 11.1 Å². The van der Waals surface area contributed by atoms with Gasteiger partial charge in [-0.15, -0.1) is 6.58 Å². The predicted molar refractivity (Wildman–Crippen MR) is 54.8 cm³/mol. The van der Waals surface area contributed by atoms with E-state index < -0.39 is 0 Å². The van der Waals surface area contributed by atoms with Crippen molar-refractivity contribution in [3.05, 3.63) is 48.0 Å². The lowest BCUT2D eigenvalue weighted by molar-refractivity contribution is 0.0952. The fourth-order valence-corrected chi connectivity index (χ4v) is 1.60. The van der Waals surface area contributed by atoms with Gasteiger partial charge in [0.15, 0.2) is 0 Å². The first-order chi connectivity index (χ1) is 6.83. The Bertz CT molecular complexity index is 373. The van der Waals surface area contributed by atoms with E-state index in [1.807, 2.05) is 24.3 Å². The molecule has 1 amide bonds. The Labute approximate surface area is 82.8 Å². The molecular weight excluding hydrogens is 176 g/mol. The van der Waals surface area contributed by atoms with Gasteiger partial charge in [0, 0.05) is 17.7 Å². The maximum Gasteiger partial charge on any atom is 0.253 e. The maximum atomic E-state index is 11.5. The zero-order valence-corrected chi connectivity index (χ0v) is 7.79. The summed E-state index contributed by atoms with van der Waals surface area (Å²) in [6, 6.07) is 7.59. The molecule has 1 aromatic carbocycles. The van der Waals surface area contributed by atoms with Gasteiger partial charge in [0.2, 0.25) is 0 Å². The fraction of sp³-hybridized carbons (Fsp3) is 0.182. The molecule has 0 aliphatic carbocycles. The lowest BCUT2D eigenvalue weighted by atomic mass is 10.1. The summed E-state index contributed by atoms with van der Waals surface area (Å²) in [5, 5.41) is 6.02. The average molecular weight is 188 g/mol. The van der Waals surface area contributed by atoms with Crippen molar-refractivity contribution in [2.45, 2.75) is 6.17 Å². The van der Waals surface area contributed by atoms with Crippen LogP contribution in [0.1, 0.15) is 22.1 Å². The molecule has 2 rings (SSSR count). The normalized spacial score (nSPS) is 18.9. The molecule has 0 aromatic heterocycles. The molecule has 0 fully saturated rings. The van der Waals surface area contributed by atoms with Crippen LogP contribution in [-0.2, 0) is 0 Å². The zero-order chi connectivity index (χ0) is 9.97. The molecule has 1 aliphatic heterocycles. The van der Waals surface area contributed by atoms with Crippen molar-refractivity contribution in [2.24, 2.45) is 0 Å². The quantitative estimate of drug-likeness (QED) is 0.700. The Balaban J connectivity index is 2.25. The molecule has 14 heavy (non-hydrogen) atoms. The van der Waals surface area contributed by atoms with E-state index in [4.69, 9.17) is 0 Å². The van der Waals surface area contributed by atoms with Crippen molar-refractivity contribution in [3.63, 3.8) is 0 Å². The number of hydrogen-bond donors (Lipinski definition) is 2. The highest BCUT2D eigenvalue weighted by Gasteiger charge is 2.26. The van der Waals surface area contributed by atoms with E-state index in [0.29, 0.717) is 6.54 Å². The minimum atomic E-state index is -0.0725. The van der Waals surface area contributed by atoms with Gasteiger partial charge in [0.05, 0.1) is 0 Å². The molecular formula is C11H12N2O. The number of amides is 1. The summed E-state index contributed by atoms with van der Waals surface area (Å²) in [6.07, 6.45) is 1.70. The van der Waals surface area contributed by atoms with Crippen molar-refractivity contribution < 1.29 is 4.79 Å². The maximum absolute atomic E-state index is 11.5. The lowest BCUT2D eigenvalue weighted by Crippen LogP contribution is -2.31. The first-order valence-corrected chi connectivity index (χ1v) is 4.57. The van der Waals surface area contributed by atoms with Crippen LogP contribution in [0.25, 0.3) is 0 Å². The van der Waals surface area contributed by atoms with Gasteiger partial charge in [-0.1, -0.05) is 24.3 Å². The van der Waals surface area contributed by atoms with Crippen LogP contribution in [0.2, 0.25) is 0 Å². The molecule has 1 aliphatic rings. The predicted octanol–water partition coefficient (Wildman–Crippen LogP) is 1.20. The van der Waals surface area contributed by atoms with E-state index >= 15 is 0 Å². The van der Waals surface area contributed by atoms with Gasteiger partial charge in [-0.25, -0.2) is 0 Å². The Morgan fingerprint density at radius 3 is 3.07 bits per heavy atom. The summed E-state index contributed by atoms with van der Waals surface area (Å²) in [5.41, 5.74) is 1.77. The summed E-state index contributed by atoms with van der Waals surface area (Å²) in [6.45, 7) is 4.30. The molecule has 0 saturated heterocycles. The van der Waals surface area contributed by atoms with Gasteiger partial charge in [-0.3, -0.25) is 10.1 Å². The monoisotopic (exact) mass is 188 g/mol. The molecule has 0 saturated carbocycles. The smallest absolute Gasteiger partial charge is 0.253 e. The van der Waals surface area contributed by atoms with Gasteiger partial charge in [0.1, 0.15) is 6.17 Å². The fourth-order valence-electron chi connectivity index (χ4n) is 1.60. The number of carbonyl (C=O) groups is 1. The molecule has 0 radical (unpaired) electrons. The second-order valence-corrected chi connectivity index (χ2v) is 3.19. The summed E-state index contributed by atoms with van der Waals surface area (Å²) in [4.78, 5) is 11.5. The number of carbonyl (C=O) groups excluding carboxylic acids is 1. The van der Waals surface area contributed by atoms with Gasteiger partial charge >= 0.3 is 0 Å². The number of hydrogen-bond acceptors (Lipinski definition) is 2. The Morgan fingerprint density at radius 2 is 2.29 bits per heavy atom. The van der Waals surface area contributed by atoms with Crippen LogP contribution in [0.5, 0.6) is 0 Å². The third kappa shape index (κ3) is 1.42. The molecule has 0 bridgehead atoms. The van der Waals surface area contributed by atoms with Crippen molar-refractivity contribution in [1.82, 2.24) is 10.6 Å². The number of nitrogens with one attached hydrogen (secondary N) is 2. The first-order valence-electron chi connectivity index (χ1n) is 4.57. The van der Waals surface area contributed by atoms with Crippen LogP contribution in [0.15, 0.2) is 36.9 Å². The van der Waals surface area contributed by atoms with E-state index in [2.05, 4.69) is 17.2 Å². The summed E-state index contributed by atoms with van der Waals surface area (Å²) in [5.74, 6) is -0.0119. The van der Waals surface area contributed by atoms with Crippen LogP contribution in [0, 0.1) is 0 Å². The molecule has 1 unspecified atom stereocenters. The van der Waals surface area contributed by atoms with Crippen LogP contribution in [0.4, 0.5) is 0 Å². The van der Waals surface area contributed by atoms with Crippen LogP contribution >= 0.6 is 0 Å². The summed E-state index contributed by atoms with van der Waals surface area (Å²) < 4.78 is 0. The van der Waals surface area contributed by atoms with E-state index in [9.17, 15) is 4.79 Å². The lowest BCUT2D eigenvalue weighted by Gasteiger charge is -2.11. The third-order valence-electron chi connectivity index (χ3n) is 2.26. The topological polar surface area (TPSA) is 41.1 Å². The summed E-state index contributed by atoms with van der Waals surface area (Å²) in [7, 11) is 0. The molecule has 3 nitrogen and oxygen atoms in total. The second kappa shape index (κ2) is 3.64. The molecule has 1 heterocycles. The number of fused-ring (bicyclic) bond motifs is 1. The highest BCUT2D eigenvalue weighted by molar-refractivity contribution is 5.99. The van der Waals surface area contributed by atoms with Gasteiger partial charge in [-0.05, 0) is 6.07 Å². The second-order valence-electron chi connectivity index (χ2n) is 3.19. The average Bonchev–Trinajstić information content (AvgIpc) is 2.54. The minimum absolute atomic E-state index is 0.0119. The third-order valence-corrected chi connectivity index (χ3v) is 2.26. The van der Waals surface area contributed by atoms with Crippen LogP contribution in [-0.4, -0.2) is 12.5 Å². The highest BCUT2D eigenvalue weighted by atomic mass is 16.2. The van der Waals surface area contributed by atoms with Crippen molar-refractivity contribution in [3.8, 4) is 0 Å². The zero-order valence-electron chi connectivity index (χ0n) is 7.79. The van der Waals surface area contributed by atoms with Crippen molar-refractivity contribution >= 4 is 5.91 Å². The minimum Gasteiger partial charge on any atom is -0.333 e. The Hall–Kier alpha value is -1.61. The molecule has 3 heteroatoms. The Kier molecular flexibility index (Phi) is 2.33. The molecule has 0 spiro atoms. The van der Waals surface area contributed by atoms with Crippen LogP contribution in [0.3, 0.4) is 0 Å². The molecule has 1 aromatic rings. The van der Waals surface area contributed by atoms with Crippen LogP contribution < -0.4 is 10.6 Å². The largest absolute Gasteiger partial charge is 0.333 e. The van der Waals surface area contributed by atoms with Gasteiger partial charge < -0.3 is 5.32 Å². The molecule has 2 N–H and O–H groups in total. The van der Waals surface area contributed by atoms with E-state index in [-0.39, 0.29) is 12.1 Å². The number of rotatable bonds is 3. The van der Waals surface area contributed by atoms with Gasteiger partial charge in [0.25, 0.3) is 5.91 Å². The highest BCUT2D eigenvalue weighted by Crippen LogP contribution is 2.22. The van der Waals surface area contributed by atoms with E-state index in [1.165, 1.54) is 0 Å². The first kappa shape index (κ1) is 8.97. The SMILES string of the molecule is C=CCNC1NC(=O)c2ccccc21. The van der Waals surface area contributed by atoms with E-state index in [1.54, 1.807) is 6.08 Å². The van der Waals surface area contributed by atoms with Gasteiger partial charge in [-0.2, -0.15) is 0 Å².